The van der Waals surface area contributed by atoms with Gasteiger partial charge in [-0.3, -0.25) is 9.48 Å². The summed E-state index contributed by atoms with van der Waals surface area (Å²) >= 11 is 0. The molecule has 1 aromatic heterocycles. The summed E-state index contributed by atoms with van der Waals surface area (Å²) in [7, 11) is 1.70. The molecule has 0 amide bonds. The maximum Gasteiger partial charge on any atom is 0.313 e. The van der Waals surface area contributed by atoms with Crippen LogP contribution in [0.15, 0.2) is 30.3 Å². The zero-order valence-corrected chi connectivity index (χ0v) is 9.66. The maximum atomic E-state index is 10.9. The van der Waals surface area contributed by atoms with Crippen LogP contribution in [0, 0.1) is 0 Å². The lowest BCUT2D eigenvalue weighted by Gasteiger charge is -2.03. The Morgan fingerprint density at radius 3 is 2.59 bits per heavy atom. The molecule has 1 unspecified atom stereocenters. The first-order valence-electron chi connectivity index (χ1n) is 5.28. The SMILES string of the molecule is CC(C(=O)O)c1nc(-c2ccccc2)nn1C. The predicted octanol–water partition coefficient (Wildman–Crippen LogP) is 1.67. The third-order valence-electron chi connectivity index (χ3n) is 2.59. The molecule has 1 heterocycles. The van der Waals surface area contributed by atoms with Crippen LogP contribution in [0.1, 0.15) is 18.7 Å². The van der Waals surface area contributed by atoms with Gasteiger partial charge in [-0.25, -0.2) is 4.98 Å². The predicted molar refractivity (Wildman–Crippen MR) is 62.5 cm³/mol. The first-order chi connectivity index (χ1) is 8.09. The number of hydrogen-bond acceptors (Lipinski definition) is 3. The molecule has 0 bridgehead atoms. The van der Waals surface area contributed by atoms with Crippen LogP contribution in [0.5, 0.6) is 0 Å². The van der Waals surface area contributed by atoms with E-state index >= 15 is 0 Å². The molecule has 0 aliphatic heterocycles. The number of carboxylic acids is 1. The van der Waals surface area contributed by atoms with Crippen LogP contribution in [0.4, 0.5) is 0 Å². The lowest BCUT2D eigenvalue weighted by molar-refractivity contribution is -0.138. The summed E-state index contributed by atoms with van der Waals surface area (Å²) in [5.41, 5.74) is 0.881. The molecule has 0 radical (unpaired) electrons. The highest BCUT2D eigenvalue weighted by atomic mass is 16.4. The van der Waals surface area contributed by atoms with E-state index in [0.717, 1.165) is 5.56 Å². The lowest BCUT2D eigenvalue weighted by atomic mass is 10.1. The first kappa shape index (κ1) is 11.3. The third-order valence-corrected chi connectivity index (χ3v) is 2.59. The quantitative estimate of drug-likeness (QED) is 0.872. The van der Waals surface area contributed by atoms with Crippen molar-refractivity contribution >= 4 is 5.97 Å². The summed E-state index contributed by atoms with van der Waals surface area (Å²) in [4.78, 5) is 15.2. The third kappa shape index (κ3) is 2.18. The topological polar surface area (TPSA) is 68.0 Å². The Kier molecular flexibility index (Phi) is 2.91. The van der Waals surface area contributed by atoms with E-state index in [0.29, 0.717) is 11.6 Å². The second-order valence-electron chi connectivity index (χ2n) is 3.84. The van der Waals surface area contributed by atoms with Gasteiger partial charge >= 0.3 is 5.97 Å². The summed E-state index contributed by atoms with van der Waals surface area (Å²) in [6.45, 7) is 1.60. The number of nitrogens with zero attached hydrogens (tertiary/aromatic N) is 3. The molecule has 0 aliphatic carbocycles. The minimum absolute atomic E-state index is 0.455. The van der Waals surface area contributed by atoms with E-state index in [1.54, 1.807) is 14.0 Å². The van der Waals surface area contributed by atoms with Crippen molar-refractivity contribution in [2.24, 2.45) is 7.05 Å². The Bertz CT molecular complexity index is 534. The number of benzene rings is 1. The molecule has 5 heteroatoms. The van der Waals surface area contributed by atoms with Crippen molar-refractivity contribution < 1.29 is 9.90 Å². The van der Waals surface area contributed by atoms with Crippen LogP contribution < -0.4 is 0 Å². The van der Waals surface area contributed by atoms with Crippen LogP contribution in [0.3, 0.4) is 0 Å². The number of carboxylic acid groups (broad SMARTS) is 1. The molecule has 5 nitrogen and oxygen atoms in total. The van der Waals surface area contributed by atoms with Crippen molar-refractivity contribution in [3.05, 3.63) is 36.2 Å². The van der Waals surface area contributed by atoms with Gasteiger partial charge in [0, 0.05) is 12.6 Å². The molecule has 88 valence electrons. The Morgan fingerprint density at radius 1 is 1.35 bits per heavy atom. The Hall–Kier alpha value is -2.17. The zero-order chi connectivity index (χ0) is 12.4. The van der Waals surface area contributed by atoms with Gasteiger partial charge in [-0.2, -0.15) is 5.10 Å². The maximum absolute atomic E-state index is 10.9. The standard InChI is InChI=1S/C12H13N3O2/c1-8(12(16)17)11-13-10(14-15(11)2)9-6-4-3-5-7-9/h3-8H,1-2H3,(H,16,17). The van der Waals surface area contributed by atoms with Crippen LogP contribution in [-0.2, 0) is 11.8 Å². The highest BCUT2D eigenvalue weighted by molar-refractivity contribution is 5.74. The zero-order valence-electron chi connectivity index (χ0n) is 9.66. The molecule has 1 atom stereocenters. The van der Waals surface area contributed by atoms with Crippen molar-refractivity contribution in [1.29, 1.82) is 0 Å². The van der Waals surface area contributed by atoms with E-state index in [4.69, 9.17) is 5.11 Å². The van der Waals surface area contributed by atoms with Crippen molar-refractivity contribution in [3.8, 4) is 11.4 Å². The second-order valence-corrected chi connectivity index (χ2v) is 3.84. The molecular weight excluding hydrogens is 218 g/mol. The van der Waals surface area contributed by atoms with Crippen molar-refractivity contribution in [1.82, 2.24) is 14.8 Å². The van der Waals surface area contributed by atoms with Crippen LogP contribution >= 0.6 is 0 Å². The Balaban J connectivity index is 2.41. The number of aliphatic carboxylic acids is 1. The van der Waals surface area contributed by atoms with E-state index in [1.807, 2.05) is 30.3 Å². The van der Waals surface area contributed by atoms with Crippen LogP contribution in [-0.4, -0.2) is 25.8 Å². The van der Waals surface area contributed by atoms with Crippen LogP contribution in [0.2, 0.25) is 0 Å². The van der Waals surface area contributed by atoms with Gasteiger partial charge in [-0.15, -0.1) is 0 Å². The summed E-state index contributed by atoms with van der Waals surface area (Å²) in [6.07, 6.45) is 0. The number of aromatic nitrogens is 3. The minimum Gasteiger partial charge on any atom is -0.481 e. The van der Waals surface area contributed by atoms with Gasteiger partial charge in [0.2, 0.25) is 0 Å². The fourth-order valence-electron chi connectivity index (χ4n) is 1.59. The average molecular weight is 231 g/mol. The molecule has 0 saturated carbocycles. The number of carbonyl (C=O) groups is 1. The van der Waals surface area contributed by atoms with E-state index in [-0.39, 0.29) is 0 Å². The lowest BCUT2D eigenvalue weighted by Crippen LogP contribution is -2.13. The largest absolute Gasteiger partial charge is 0.481 e. The van der Waals surface area contributed by atoms with Gasteiger partial charge < -0.3 is 5.11 Å². The molecule has 2 aromatic rings. The van der Waals surface area contributed by atoms with Gasteiger partial charge in [0.1, 0.15) is 11.7 Å². The van der Waals surface area contributed by atoms with Gasteiger partial charge in [-0.1, -0.05) is 30.3 Å². The Labute approximate surface area is 98.7 Å². The van der Waals surface area contributed by atoms with E-state index in [1.165, 1.54) is 4.68 Å². The average Bonchev–Trinajstić information content (AvgIpc) is 2.71. The van der Waals surface area contributed by atoms with Gasteiger partial charge in [0.05, 0.1) is 0 Å². The smallest absolute Gasteiger partial charge is 0.313 e. The van der Waals surface area contributed by atoms with Crippen LogP contribution in [0.25, 0.3) is 11.4 Å². The fourth-order valence-corrected chi connectivity index (χ4v) is 1.59. The van der Waals surface area contributed by atoms with Gasteiger partial charge in [-0.05, 0) is 6.92 Å². The second kappa shape index (κ2) is 4.37. The summed E-state index contributed by atoms with van der Waals surface area (Å²) in [5, 5.41) is 13.2. The molecule has 0 saturated heterocycles. The highest BCUT2D eigenvalue weighted by Gasteiger charge is 2.20. The number of rotatable bonds is 3. The monoisotopic (exact) mass is 231 g/mol. The van der Waals surface area contributed by atoms with Crippen molar-refractivity contribution in [2.45, 2.75) is 12.8 Å². The molecule has 0 spiro atoms. The van der Waals surface area contributed by atoms with Gasteiger partial charge in [0.25, 0.3) is 0 Å². The summed E-state index contributed by atoms with van der Waals surface area (Å²) < 4.78 is 1.52. The Morgan fingerprint density at radius 2 is 2.00 bits per heavy atom. The molecule has 1 aromatic carbocycles. The molecule has 1 N–H and O–H groups in total. The molecule has 2 rings (SSSR count). The molecule has 17 heavy (non-hydrogen) atoms. The number of hydrogen-bond donors (Lipinski definition) is 1. The highest BCUT2D eigenvalue weighted by Crippen LogP contribution is 2.19. The normalized spacial score (nSPS) is 12.4. The van der Waals surface area contributed by atoms with Crippen molar-refractivity contribution in [2.75, 3.05) is 0 Å². The molecule has 0 aliphatic rings. The minimum atomic E-state index is -0.903. The van der Waals surface area contributed by atoms with Gasteiger partial charge in [0.15, 0.2) is 5.82 Å². The molecule has 0 fully saturated rings. The number of aryl methyl sites for hydroxylation is 1. The summed E-state index contributed by atoms with van der Waals surface area (Å²) in [5.74, 6) is -0.558. The van der Waals surface area contributed by atoms with Crippen molar-refractivity contribution in [3.63, 3.8) is 0 Å². The summed E-state index contributed by atoms with van der Waals surface area (Å²) in [6, 6.07) is 9.49. The van der Waals surface area contributed by atoms with E-state index < -0.39 is 11.9 Å². The van der Waals surface area contributed by atoms with E-state index in [2.05, 4.69) is 10.1 Å². The van der Waals surface area contributed by atoms with E-state index in [9.17, 15) is 4.79 Å². The fraction of sp³-hybridized carbons (Fsp3) is 0.250. The first-order valence-corrected chi connectivity index (χ1v) is 5.28. The molecular formula is C12H13N3O2.